The smallest absolute Gasteiger partial charge is 0.302 e. The van der Waals surface area contributed by atoms with Crippen molar-refractivity contribution in [2.75, 3.05) is 0 Å². The van der Waals surface area contributed by atoms with Gasteiger partial charge in [0.25, 0.3) is 0 Å². The molecule has 1 rings (SSSR count). The molecule has 0 amide bonds. The van der Waals surface area contributed by atoms with Crippen LogP contribution in [0.4, 0.5) is 13.2 Å². The Bertz CT molecular complexity index is 240. The zero-order valence-electron chi connectivity index (χ0n) is 6.61. The van der Waals surface area contributed by atoms with E-state index in [1.165, 1.54) is 6.92 Å². The van der Waals surface area contributed by atoms with E-state index in [0.29, 0.717) is 0 Å². The highest BCUT2D eigenvalue weighted by atomic mass is 31.2. The van der Waals surface area contributed by atoms with Crippen LogP contribution in [-0.2, 0) is 13.6 Å². The van der Waals surface area contributed by atoms with Gasteiger partial charge in [-0.25, -0.2) is 4.57 Å². The van der Waals surface area contributed by atoms with Crippen LogP contribution >= 0.6 is 7.82 Å². The Kier molecular flexibility index (Phi) is 2.73. The molecule has 1 heterocycles. The normalized spacial score (nSPS) is 41.0. The summed E-state index contributed by atoms with van der Waals surface area (Å²) in [7, 11) is -4.24. The Morgan fingerprint density at radius 1 is 1.46 bits per heavy atom. The van der Waals surface area contributed by atoms with Crippen LogP contribution in [-0.4, -0.2) is 23.3 Å². The topological polar surface area (TPSA) is 55.8 Å². The molecule has 1 saturated heterocycles. The summed E-state index contributed by atoms with van der Waals surface area (Å²) in [5, 5.41) is 0. The third-order valence-electron chi connectivity index (χ3n) is 1.52. The number of alkyl halides is 3. The first kappa shape index (κ1) is 11.0. The maximum absolute atomic E-state index is 11.8. The minimum atomic E-state index is -4.42. The van der Waals surface area contributed by atoms with Gasteiger partial charge in [0.2, 0.25) is 0 Å². The molecule has 1 N–H and O–H groups in total. The number of hydrogen-bond acceptors (Lipinski definition) is 3. The molecule has 0 aliphatic carbocycles. The summed E-state index contributed by atoms with van der Waals surface area (Å²) in [5.74, 6) is 0. The van der Waals surface area contributed by atoms with Gasteiger partial charge in [-0.05, 0) is 6.92 Å². The molecule has 0 aromatic carbocycles. The Morgan fingerprint density at radius 2 is 2.00 bits per heavy atom. The summed E-state index contributed by atoms with van der Waals surface area (Å²) in [4.78, 5) is 8.68. The molecule has 0 bridgehead atoms. The molecule has 78 valence electrons. The van der Waals surface area contributed by atoms with Gasteiger partial charge in [-0.1, -0.05) is 0 Å². The third kappa shape index (κ3) is 3.27. The summed E-state index contributed by atoms with van der Waals surface area (Å²) in [6.45, 7) is 1.26. The van der Waals surface area contributed by atoms with Gasteiger partial charge in [0.05, 0.1) is 12.5 Å². The lowest BCUT2D eigenvalue weighted by Gasteiger charge is -2.13. The SMILES string of the molecule is CC1OP(=O)(O)OC1CC(F)(F)F. The molecule has 0 aromatic rings. The van der Waals surface area contributed by atoms with E-state index in [0.717, 1.165) is 0 Å². The zero-order chi connectivity index (χ0) is 10.3. The molecule has 0 saturated carbocycles. The Balaban J connectivity index is 2.59. The second-order valence-electron chi connectivity index (χ2n) is 2.74. The fourth-order valence-electron chi connectivity index (χ4n) is 0.991. The van der Waals surface area contributed by atoms with Crippen molar-refractivity contribution in [3.05, 3.63) is 0 Å². The maximum atomic E-state index is 11.8. The Labute approximate surface area is 72.3 Å². The summed E-state index contributed by atoms with van der Waals surface area (Å²) in [5.41, 5.74) is 0. The minimum absolute atomic E-state index is 1.02. The van der Waals surface area contributed by atoms with Crippen LogP contribution in [0.1, 0.15) is 13.3 Å². The molecule has 3 unspecified atom stereocenters. The van der Waals surface area contributed by atoms with E-state index in [-0.39, 0.29) is 0 Å². The van der Waals surface area contributed by atoms with Gasteiger partial charge in [-0.15, -0.1) is 0 Å². The number of halogens is 3. The molecular formula is C5H8F3O4P. The highest BCUT2D eigenvalue weighted by Crippen LogP contribution is 2.54. The first-order valence-electron chi connectivity index (χ1n) is 3.46. The standard InChI is InChI=1S/C5H8F3O4P/c1-3-4(2-5(6,7)8)12-13(9,10)11-3/h3-4H,2H2,1H3,(H,9,10). The summed E-state index contributed by atoms with van der Waals surface area (Å²) in [6, 6.07) is 0. The molecule has 3 atom stereocenters. The largest absolute Gasteiger partial charge is 0.472 e. The van der Waals surface area contributed by atoms with E-state index < -0.39 is 32.6 Å². The first-order valence-corrected chi connectivity index (χ1v) is 4.95. The van der Waals surface area contributed by atoms with Crippen molar-refractivity contribution in [1.82, 2.24) is 0 Å². The van der Waals surface area contributed by atoms with Gasteiger partial charge < -0.3 is 4.89 Å². The monoisotopic (exact) mass is 220 g/mol. The lowest BCUT2D eigenvalue weighted by Crippen LogP contribution is -2.26. The van der Waals surface area contributed by atoms with Crippen molar-refractivity contribution < 1.29 is 31.7 Å². The lowest BCUT2D eigenvalue weighted by molar-refractivity contribution is -0.152. The van der Waals surface area contributed by atoms with Crippen molar-refractivity contribution in [3.63, 3.8) is 0 Å². The number of rotatable bonds is 1. The van der Waals surface area contributed by atoms with Gasteiger partial charge in [0.1, 0.15) is 6.10 Å². The molecule has 0 aromatic heterocycles. The van der Waals surface area contributed by atoms with Gasteiger partial charge in [-0.3, -0.25) is 9.05 Å². The van der Waals surface area contributed by atoms with Crippen LogP contribution in [0.3, 0.4) is 0 Å². The van der Waals surface area contributed by atoms with Crippen molar-refractivity contribution >= 4 is 7.82 Å². The predicted octanol–water partition coefficient (Wildman–Crippen LogP) is 1.84. The molecular weight excluding hydrogens is 212 g/mol. The van der Waals surface area contributed by atoms with Crippen LogP contribution in [0.2, 0.25) is 0 Å². The molecule has 0 spiro atoms. The molecule has 1 aliphatic heterocycles. The van der Waals surface area contributed by atoms with Gasteiger partial charge in [-0.2, -0.15) is 13.2 Å². The molecule has 1 fully saturated rings. The average Bonchev–Trinajstić information content (AvgIpc) is 2.00. The van der Waals surface area contributed by atoms with Gasteiger partial charge >= 0.3 is 14.0 Å². The van der Waals surface area contributed by atoms with Gasteiger partial charge in [0, 0.05) is 0 Å². The van der Waals surface area contributed by atoms with Crippen LogP contribution in [0.5, 0.6) is 0 Å². The van der Waals surface area contributed by atoms with Crippen molar-refractivity contribution in [2.45, 2.75) is 31.7 Å². The van der Waals surface area contributed by atoms with E-state index in [4.69, 9.17) is 4.89 Å². The molecule has 4 nitrogen and oxygen atoms in total. The summed E-state index contributed by atoms with van der Waals surface area (Å²) in [6.07, 6.45) is -8.11. The maximum Gasteiger partial charge on any atom is 0.472 e. The second-order valence-corrected chi connectivity index (χ2v) is 4.10. The van der Waals surface area contributed by atoms with E-state index in [1.54, 1.807) is 0 Å². The van der Waals surface area contributed by atoms with E-state index in [1.807, 2.05) is 0 Å². The zero-order valence-corrected chi connectivity index (χ0v) is 7.51. The van der Waals surface area contributed by atoms with Crippen LogP contribution in [0, 0.1) is 0 Å². The quantitative estimate of drug-likeness (QED) is 0.685. The Morgan fingerprint density at radius 3 is 2.31 bits per heavy atom. The lowest BCUT2D eigenvalue weighted by atomic mass is 10.1. The number of phosphoric ester groups is 1. The predicted molar refractivity (Wildman–Crippen MR) is 35.9 cm³/mol. The fraction of sp³-hybridized carbons (Fsp3) is 1.00. The van der Waals surface area contributed by atoms with Crippen molar-refractivity contribution in [1.29, 1.82) is 0 Å². The second kappa shape index (κ2) is 3.24. The number of phosphoric acid groups is 1. The first-order chi connectivity index (χ1) is 5.70. The highest BCUT2D eigenvalue weighted by molar-refractivity contribution is 7.47. The number of hydrogen-bond donors (Lipinski definition) is 1. The van der Waals surface area contributed by atoms with Gasteiger partial charge in [0.15, 0.2) is 0 Å². The van der Waals surface area contributed by atoms with Crippen LogP contribution in [0.15, 0.2) is 0 Å². The highest BCUT2D eigenvalue weighted by Gasteiger charge is 2.46. The van der Waals surface area contributed by atoms with Crippen molar-refractivity contribution in [3.8, 4) is 0 Å². The summed E-state index contributed by atoms with van der Waals surface area (Å²) >= 11 is 0. The molecule has 1 aliphatic rings. The molecule has 0 radical (unpaired) electrons. The van der Waals surface area contributed by atoms with E-state index in [9.17, 15) is 17.7 Å². The van der Waals surface area contributed by atoms with Crippen LogP contribution in [0.25, 0.3) is 0 Å². The molecule has 13 heavy (non-hydrogen) atoms. The molecule has 8 heteroatoms. The van der Waals surface area contributed by atoms with Crippen molar-refractivity contribution in [2.24, 2.45) is 0 Å². The van der Waals surface area contributed by atoms with E-state index >= 15 is 0 Å². The summed E-state index contributed by atoms with van der Waals surface area (Å²) < 4.78 is 54.6. The fourth-order valence-corrected chi connectivity index (χ4v) is 2.18. The van der Waals surface area contributed by atoms with Crippen LogP contribution < -0.4 is 0 Å². The minimum Gasteiger partial charge on any atom is -0.302 e. The third-order valence-corrected chi connectivity index (χ3v) is 2.66. The van der Waals surface area contributed by atoms with E-state index in [2.05, 4.69) is 9.05 Å². The average molecular weight is 220 g/mol. The Hall–Kier alpha value is -0.100.